The number of oxime groups is 1. The van der Waals surface area contributed by atoms with Gasteiger partial charge in [-0.25, -0.2) is 0 Å². The van der Waals surface area contributed by atoms with Crippen molar-refractivity contribution >= 4 is 6.21 Å². The van der Waals surface area contributed by atoms with Crippen molar-refractivity contribution in [1.29, 1.82) is 0 Å². The van der Waals surface area contributed by atoms with Gasteiger partial charge < -0.3 is 5.21 Å². The van der Waals surface area contributed by atoms with E-state index in [1.807, 2.05) is 12.1 Å². The van der Waals surface area contributed by atoms with Crippen molar-refractivity contribution in [3.8, 4) is 0 Å². The molecule has 0 aliphatic heterocycles. The van der Waals surface area contributed by atoms with Crippen LogP contribution in [0.4, 0.5) is 0 Å². The second kappa shape index (κ2) is 3.76. The Morgan fingerprint density at radius 1 is 1.64 bits per heavy atom. The lowest BCUT2D eigenvalue weighted by molar-refractivity contribution is 0.322. The molecule has 0 bridgehead atoms. The molecular formula is C9H10NO. The molecule has 0 aromatic heterocycles. The Bertz CT molecular complexity index is 238. The first-order valence-electron chi connectivity index (χ1n) is 3.55. The molecule has 0 aliphatic rings. The minimum absolute atomic E-state index is 0.865. The highest BCUT2D eigenvalue weighted by molar-refractivity contribution is 5.78. The van der Waals surface area contributed by atoms with Crippen LogP contribution in [0.3, 0.4) is 0 Å². The average molecular weight is 148 g/mol. The van der Waals surface area contributed by atoms with Crippen LogP contribution < -0.4 is 0 Å². The van der Waals surface area contributed by atoms with Gasteiger partial charge in [-0.2, -0.15) is 0 Å². The molecule has 1 N–H and O–H groups in total. The van der Waals surface area contributed by atoms with Crippen LogP contribution in [0.15, 0.2) is 23.4 Å². The number of benzene rings is 1. The fourth-order valence-electron chi connectivity index (χ4n) is 0.836. The summed E-state index contributed by atoms with van der Waals surface area (Å²) in [7, 11) is 0. The molecule has 1 aromatic rings. The van der Waals surface area contributed by atoms with Gasteiger partial charge in [0.25, 0.3) is 0 Å². The molecule has 0 heterocycles. The van der Waals surface area contributed by atoms with E-state index in [9.17, 15) is 0 Å². The van der Waals surface area contributed by atoms with Crippen LogP contribution in [-0.4, -0.2) is 11.4 Å². The highest BCUT2D eigenvalue weighted by atomic mass is 16.4. The summed E-state index contributed by atoms with van der Waals surface area (Å²) in [6.07, 6.45) is 2.37. The summed E-state index contributed by atoms with van der Waals surface area (Å²) in [6, 6.07) is 8.74. The van der Waals surface area contributed by atoms with E-state index in [0.717, 1.165) is 12.0 Å². The van der Waals surface area contributed by atoms with Gasteiger partial charge in [0.1, 0.15) is 0 Å². The third-order valence-electron chi connectivity index (χ3n) is 1.49. The van der Waals surface area contributed by atoms with Crippen molar-refractivity contribution in [2.45, 2.75) is 13.3 Å². The van der Waals surface area contributed by atoms with Gasteiger partial charge in [-0.1, -0.05) is 24.2 Å². The van der Waals surface area contributed by atoms with Crippen molar-refractivity contribution in [2.75, 3.05) is 0 Å². The molecule has 2 heteroatoms. The van der Waals surface area contributed by atoms with Crippen LogP contribution in [-0.2, 0) is 6.42 Å². The lowest BCUT2D eigenvalue weighted by Crippen LogP contribution is -1.83. The molecule has 57 valence electrons. The first-order valence-corrected chi connectivity index (χ1v) is 3.55. The number of hydrogen-bond acceptors (Lipinski definition) is 2. The topological polar surface area (TPSA) is 32.6 Å². The molecule has 1 aromatic carbocycles. The molecule has 2 nitrogen and oxygen atoms in total. The highest BCUT2D eigenvalue weighted by Gasteiger charge is 1.89. The Hall–Kier alpha value is -1.31. The lowest BCUT2D eigenvalue weighted by Gasteiger charge is -1.94. The summed E-state index contributed by atoms with van der Waals surface area (Å²) in [5.41, 5.74) is 2.03. The third kappa shape index (κ3) is 2.08. The Kier molecular flexibility index (Phi) is 2.66. The Labute approximate surface area is 66.2 Å². The minimum Gasteiger partial charge on any atom is -0.411 e. The zero-order chi connectivity index (χ0) is 8.10. The SMILES string of the molecule is CCc1[c]cc(C=NO)cc1. The molecule has 11 heavy (non-hydrogen) atoms. The van der Waals surface area contributed by atoms with Gasteiger partial charge in [0.05, 0.1) is 6.21 Å². The first-order chi connectivity index (χ1) is 5.36. The molecule has 0 spiro atoms. The van der Waals surface area contributed by atoms with E-state index in [1.165, 1.54) is 11.8 Å². The maximum absolute atomic E-state index is 8.20. The van der Waals surface area contributed by atoms with Crippen LogP contribution in [0.1, 0.15) is 18.1 Å². The van der Waals surface area contributed by atoms with Crippen molar-refractivity contribution in [3.05, 3.63) is 35.4 Å². The molecular weight excluding hydrogens is 138 g/mol. The maximum Gasteiger partial charge on any atom is 0.0734 e. The molecule has 0 atom stereocenters. The first kappa shape index (κ1) is 7.79. The van der Waals surface area contributed by atoms with Crippen LogP contribution in [0, 0.1) is 6.07 Å². The van der Waals surface area contributed by atoms with Crippen LogP contribution in [0.2, 0.25) is 0 Å². The quantitative estimate of drug-likeness (QED) is 0.387. The summed E-state index contributed by atoms with van der Waals surface area (Å²) >= 11 is 0. The van der Waals surface area contributed by atoms with Gasteiger partial charge in [0.15, 0.2) is 0 Å². The minimum atomic E-state index is 0.865. The van der Waals surface area contributed by atoms with Gasteiger partial charge in [0.2, 0.25) is 0 Å². The van der Waals surface area contributed by atoms with Crippen LogP contribution >= 0.6 is 0 Å². The fraction of sp³-hybridized carbons (Fsp3) is 0.222. The van der Waals surface area contributed by atoms with Crippen molar-refractivity contribution < 1.29 is 5.21 Å². The molecule has 0 saturated carbocycles. The number of aryl methyl sites for hydroxylation is 1. The number of nitrogens with zero attached hydrogens (tertiary/aromatic N) is 1. The molecule has 0 amide bonds. The number of hydrogen-bond donors (Lipinski definition) is 1. The third-order valence-corrected chi connectivity index (χ3v) is 1.49. The van der Waals surface area contributed by atoms with Crippen LogP contribution in [0.25, 0.3) is 0 Å². The largest absolute Gasteiger partial charge is 0.411 e. The molecule has 1 rings (SSSR count). The standard InChI is InChI=1S/C9H10NO/c1-2-8-3-5-9(6-4-8)7-10-11/h3,5-7,11H,2H2,1H3. The summed E-state index contributed by atoms with van der Waals surface area (Å²) in [5.74, 6) is 0. The van der Waals surface area contributed by atoms with Gasteiger partial charge >= 0.3 is 0 Å². The van der Waals surface area contributed by atoms with Gasteiger partial charge in [-0.15, -0.1) is 0 Å². The Balaban J connectivity index is 2.82. The Morgan fingerprint density at radius 2 is 2.45 bits per heavy atom. The van der Waals surface area contributed by atoms with E-state index in [2.05, 4.69) is 18.1 Å². The average Bonchev–Trinajstić information content (AvgIpc) is 2.07. The van der Waals surface area contributed by atoms with Crippen molar-refractivity contribution in [2.24, 2.45) is 5.16 Å². The molecule has 0 fully saturated rings. The summed E-state index contributed by atoms with van der Waals surface area (Å²) < 4.78 is 0. The second-order valence-corrected chi connectivity index (χ2v) is 2.25. The fourth-order valence-corrected chi connectivity index (χ4v) is 0.836. The van der Waals surface area contributed by atoms with E-state index in [4.69, 9.17) is 5.21 Å². The Morgan fingerprint density at radius 3 is 2.91 bits per heavy atom. The highest BCUT2D eigenvalue weighted by Crippen LogP contribution is 2.01. The van der Waals surface area contributed by atoms with E-state index in [-0.39, 0.29) is 0 Å². The van der Waals surface area contributed by atoms with E-state index in [0.29, 0.717) is 0 Å². The molecule has 0 unspecified atom stereocenters. The van der Waals surface area contributed by atoms with E-state index in [1.54, 1.807) is 6.07 Å². The van der Waals surface area contributed by atoms with Crippen molar-refractivity contribution in [1.82, 2.24) is 0 Å². The zero-order valence-electron chi connectivity index (χ0n) is 6.41. The van der Waals surface area contributed by atoms with Gasteiger partial charge in [0, 0.05) is 0 Å². The predicted octanol–water partition coefficient (Wildman–Crippen LogP) is 1.86. The smallest absolute Gasteiger partial charge is 0.0734 e. The second-order valence-electron chi connectivity index (χ2n) is 2.25. The zero-order valence-corrected chi connectivity index (χ0v) is 6.41. The van der Waals surface area contributed by atoms with Crippen molar-refractivity contribution in [3.63, 3.8) is 0 Å². The van der Waals surface area contributed by atoms with E-state index < -0.39 is 0 Å². The van der Waals surface area contributed by atoms with Gasteiger partial charge in [-0.3, -0.25) is 0 Å². The molecule has 1 radical (unpaired) electrons. The van der Waals surface area contributed by atoms with Gasteiger partial charge in [-0.05, 0) is 29.7 Å². The summed E-state index contributed by atoms with van der Waals surface area (Å²) in [5, 5.41) is 11.1. The summed E-state index contributed by atoms with van der Waals surface area (Å²) in [4.78, 5) is 0. The number of rotatable bonds is 2. The monoisotopic (exact) mass is 148 g/mol. The lowest BCUT2D eigenvalue weighted by atomic mass is 10.1. The molecule has 0 saturated heterocycles. The summed E-state index contributed by atoms with van der Waals surface area (Å²) in [6.45, 7) is 2.08. The van der Waals surface area contributed by atoms with E-state index >= 15 is 0 Å². The predicted molar refractivity (Wildman–Crippen MR) is 44.0 cm³/mol. The maximum atomic E-state index is 8.20. The van der Waals surface area contributed by atoms with Crippen LogP contribution in [0.5, 0.6) is 0 Å². The normalized spacial score (nSPS) is 10.6. The molecule has 0 aliphatic carbocycles.